The van der Waals surface area contributed by atoms with Crippen LogP contribution in [0.2, 0.25) is 0 Å². The number of aliphatic hydroxyl groups is 1. The Labute approximate surface area is 187 Å². The van der Waals surface area contributed by atoms with Crippen LogP contribution in [-0.2, 0) is 13.0 Å². The minimum atomic E-state index is -2.60. The fourth-order valence-electron chi connectivity index (χ4n) is 4.82. The Bertz CT molecular complexity index is 1310. The van der Waals surface area contributed by atoms with Crippen molar-refractivity contribution in [3.8, 4) is 0 Å². The lowest BCUT2D eigenvalue weighted by atomic mass is 9.91. The summed E-state index contributed by atoms with van der Waals surface area (Å²) in [6, 6.07) is 6.12. The van der Waals surface area contributed by atoms with Crippen molar-refractivity contribution in [3.63, 3.8) is 0 Å². The molecule has 7 nitrogen and oxygen atoms in total. The average Bonchev–Trinajstić information content (AvgIpc) is 3.21. The van der Waals surface area contributed by atoms with Gasteiger partial charge in [-0.1, -0.05) is 11.2 Å². The molecule has 1 saturated heterocycles. The minimum absolute atomic E-state index is 0.120. The Hall–Kier alpha value is -2.51. The molecule has 0 aliphatic carbocycles. The van der Waals surface area contributed by atoms with Crippen LogP contribution >= 0.6 is 0 Å². The summed E-state index contributed by atoms with van der Waals surface area (Å²) in [7, 11) is 0. The van der Waals surface area contributed by atoms with E-state index in [0.29, 0.717) is 25.4 Å². The molecular weight excluding hydrogens is 392 g/mol. The first-order valence-corrected chi connectivity index (χ1v) is 11.0. The van der Waals surface area contributed by atoms with Crippen molar-refractivity contribution in [2.45, 2.75) is 64.4 Å². The summed E-state index contributed by atoms with van der Waals surface area (Å²) in [5.74, 6) is 0.124. The maximum atomic E-state index is 13.2. The zero-order chi connectivity index (χ0) is 25.0. The normalized spacial score (nSPS) is 25.0. The molecule has 1 atom stereocenters. The first kappa shape index (κ1) is 16.2. The van der Waals surface area contributed by atoms with Crippen molar-refractivity contribution in [1.82, 2.24) is 19.6 Å². The van der Waals surface area contributed by atoms with Crippen LogP contribution in [0.4, 0.5) is 0 Å². The third-order valence-corrected chi connectivity index (χ3v) is 6.62. The number of hydrogen-bond donors (Lipinski definition) is 1. The highest BCUT2D eigenvalue weighted by Crippen LogP contribution is 2.33. The number of aromatic nitrogens is 3. The van der Waals surface area contributed by atoms with Crippen LogP contribution in [0.5, 0.6) is 0 Å². The molecule has 1 unspecified atom stereocenters. The first-order valence-electron chi connectivity index (χ1n) is 13.0. The van der Waals surface area contributed by atoms with Crippen LogP contribution in [0, 0.1) is 13.8 Å². The monoisotopic (exact) mass is 426 g/mol. The number of hydrogen-bond acceptors (Lipinski definition) is 6. The molecule has 1 aromatic carbocycles. The largest absolute Gasteiger partial charge is 0.385 e. The maximum Gasteiger partial charge on any atom is 0.257 e. The lowest BCUT2D eigenvalue weighted by molar-refractivity contribution is 0.129. The Balaban J connectivity index is 1.32. The van der Waals surface area contributed by atoms with E-state index in [-0.39, 0.29) is 29.9 Å². The van der Waals surface area contributed by atoms with E-state index in [2.05, 4.69) is 27.2 Å². The number of rotatable bonds is 4. The van der Waals surface area contributed by atoms with Gasteiger partial charge in [0.15, 0.2) is 5.58 Å². The van der Waals surface area contributed by atoms with Crippen molar-refractivity contribution in [2.75, 3.05) is 19.6 Å². The van der Waals surface area contributed by atoms with Crippen LogP contribution < -0.4 is 5.56 Å². The zero-order valence-corrected chi connectivity index (χ0v) is 17.7. The van der Waals surface area contributed by atoms with E-state index < -0.39 is 18.5 Å². The molecule has 5 rings (SSSR count). The molecule has 0 amide bonds. The van der Waals surface area contributed by atoms with Gasteiger partial charge in [-0.2, -0.15) is 0 Å². The molecular formula is C24H30N4O3. The second kappa shape index (κ2) is 8.20. The van der Waals surface area contributed by atoms with Gasteiger partial charge in [0.05, 0.1) is 7.06 Å². The van der Waals surface area contributed by atoms with E-state index in [4.69, 9.17) is 10.0 Å². The predicted octanol–water partition coefficient (Wildman–Crippen LogP) is 3.25. The van der Waals surface area contributed by atoms with Gasteiger partial charge in [-0.25, -0.2) is 4.98 Å². The molecule has 0 saturated carbocycles. The fraction of sp³-hybridized carbons (Fsp3) is 0.542. The molecule has 1 fully saturated rings. The molecule has 4 heterocycles. The van der Waals surface area contributed by atoms with E-state index in [1.165, 1.54) is 4.57 Å². The van der Waals surface area contributed by atoms with Gasteiger partial charge < -0.3 is 14.5 Å². The number of fused-ring (bicyclic) bond motifs is 2. The van der Waals surface area contributed by atoms with Gasteiger partial charge >= 0.3 is 0 Å². The topological polar surface area (TPSA) is 84.4 Å². The van der Waals surface area contributed by atoms with Crippen molar-refractivity contribution in [3.05, 3.63) is 56.9 Å². The van der Waals surface area contributed by atoms with Crippen molar-refractivity contribution >= 4 is 11.0 Å². The van der Waals surface area contributed by atoms with Crippen molar-refractivity contribution < 1.29 is 15.1 Å². The van der Waals surface area contributed by atoms with E-state index in [1.54, 1.807) is 0 Å². The SMILES string of the molecule is [2H]C([2H])([2H])c1nc2n(c(=O)c1CCN1CCC(c3noc4cc(C)ccc34)CC1)CCCC2([2H])O. The highest BCUT2D eigenvalue weighted by molar-refractivity contribution is 5.80. The molecule has 2 aliphatic rings. The van der Waals surface area contributed by atoms with E-state index in [0.717, 1.165) is 48.2 Å². The van der Waals surface area contributed by atoms with Gasteiger partial charge in [0, 0.05) is 39.8 Å². The summed E-state index contributed by atoms with van der Waals surface area (Å²) in [5, 5.41) is 15.8. The number of benzene rings is 1. The summed E-state index contributed by atoms with van der Waals surface area (Å²) in [6.07, 6.45) is 0.582. The third kappa shape index (κ3) is 3.81. The van der Waals surface area contributed by atoms with Crippen LogP contribution in [-0.4, -0.2) is 44.3 Å². The van der Waals surface area contributed by atoms with Gasteiger partial charge in [0.1, 0.15) is 11.9 Å². The van der Waals surface area contributed by atoms with Gasteiger partial charge in [-0.05, 0) is 76.7 Å². The van der Waals surface area contributed by atoms with Crippen molar-refractivity contribution in [1.29, 1.82) is 0 Å². The summed E-state index contributed by atoms with van der Waals surface area (Å²) in [6.45, 7) is 1.90. The van der Waals surface area contributed by atoms with Crippen molar-refractivity contribution in [2.24, 2.45) is 0 Å². The molecule has 0 radical (unpaired) electrons. The standard InChI is InChI=1S/C24H30N4O3/c1-15-5-6-19-21(14-15)31-26-22(19)17-7-11-27(12-8-17)13-9-18-16(2)25-23-20(29)4-3-10-28(23)24(18)30/h5-6,14,17,20,29H,3-4,7-13H2,1-2H3/i2D3,20D. The molecule has 3 aromatic rings. The van der Waals surface area contributed by atoms with E-state index >= 15 is 0 Å². The van der Waals surface area contributed by atoms with Gasteiger partial charge in [-0.15, -0.1) is 0 Å². The van der Waals surface area contributed by atoms with Gasteiger partial charge in [0.2, 0.25) is 0 Å². The lowest BCUT2D eigenvalue weighted by Crippen LogP contribution is -2.37. The number of likely N-dealkylation sites (tertiary alicyclic amines) is 1. The third-order valence-electron chi connectivity index (χ3n) is 6.62. The molecule has 0 bridgehead atoms. The predicted molar refractivity (Wildman–Crippen MR) is 118 cm³/mol. The number of aryl methyl sites for hydroxylation is 2. The van der Waals surface area contributed by atoms with E-state index in [9.17, 15) is 9.90 Å². The molecule has 7 heteroatoms. The molecule has 164 valence electrons. The maximum absolute atomic E-state index is 13.2. The Morgan fingerprint density at radius 1 is 1.29 bits per heavy atom. The van der Waals surface area contributed by atoms with E-state index in [1.807, 2.05) is 13.0 Å². The highest BCUT2D eigenvalue weighted by atomic mass is 16.5. The lowest BCUT2D eigenvalue weighted by Gasteiger charge is -2.31. The molecule has 31 heavy (non-hydrogen) atoms. The summed E-state index contributed by atoms with van der Waals surface area (Å²) >= 11 is 0. The quantitative estimate of drug-likeness (QED) is 0.689. The Kier molecular flexibility index (Phi) is 4.28. The summed E-state index contributed by atoms with van der Waals surface area (Å²) in [5.41, 5.74) is 2.34. The van der Waals surface area contributed by atoms with Crippen LogP contribution in [0.25, 0.3) is 11.0 Å². The summed E-state index contributed by atoms with van der Waals surface area (Å²) in [4.78, 5) is 19.6. The zero-order valence-electron chi connectivity index (χ0n) is 21.7. The molecule has 1 N–H and O–H groups in total. The van der Waals surface area contributed by atoms with Crippen LogP contribution in [0.1, 0.15) is 71.5 Å². The van der Waals surface area contributed by atoms with Crippen LogP contribution in [0.15, 0.2) is 27.5 Å². The second-order valence-electron chi connectivity index (χ2n) is 8.70. The highest BCUT2D eigenvalue weighted by Gasteiger charge is 2.26. The molecule has 0 spiro atoms. The smallest absolute Gasteiger partial charge is 0.257 e. The number of nitrogens with zero attached hydrogens (tertiary/aromatic N) is 4. The first-order chi connectivity index (χ1) is 16.5. The van der Waals surface area contributed by atoms with Gasteiger partial charge in [-0.3, -0.25) is 9.36 Å². The summed E-state index contributed by atoms with van der Waals surface area (Å²) < 4.78 is 38.7. The number of piperidine rings is 1. The Morgan fingerprint density at radius 2 is 2.13 bits per heavy atom. The van der Waals surface area contributed by atoms with Crippen LogP contribution in [0.3, 0.4) is 0 Å². The fourth-order valence-corrected chi connectivity index (χ4v) is 4.82. The molecule has 2 aromatic heterocycles. The second-order valence-corrected chi connectivity index (χ2v) is 8.70. The minimum Gasteiger partial charge on any atom is -0.385 e. The molecule has 2 aliphatic heterocycles. The average molecular weight is 427 g/mol. The Morgan fingerprint density at radius 3 is 2.94 bits per heavy atom. The van der Waals surface area contributed by atoms with Gasteiger partial charge in [0.25, 0.3) is 5.56 Å².